The Hall–Kier alpha value is -1.13. The zero-order chi connectivity index (χ0) is 8.97. The van der Waals surface area contributed by atoms with E-state index in [0.717, 1.165) is 5.56 Å². The molecule has 1 rings (SSSR count). The molecule has 0 aliphatic carbocycles. The second-order valence-corrected chi connectivity index (χ2v) is 2.42. The maximum absolute atomic E-state index is 8.77. The Morgan fingerprint density at radius 3 is 3.08 bits per heavy atom. The van der Waals surface area contributed by atoms with E-state index in [0.29, 0.717) is 5.88 Å². The number of aromatic nitrogens is 1. The van der Waals surface area contributed by atoms with Gasteiger partial charge in [0.2, 0.25) is 5.88 Å². The Labute approximate surface area is 71.0 Å². The van der Waals surface area contributed by atoms with Crippen LogP contribution in [0.15, 0.2) is 18.3 Å². The highest BCUT2D eigenvalue weighted by Gasteiger charge is 2.04. The SMILES string of the molecule is COc1cc(C(N)CO)ccn1. The van der Waals surface area contributed by atoms with Crippen LogP contribution in [0.5, 0.6) is 5.88 Å². The van der Waals surface area contributed by atoms with E-state index in [9.17, 15) is 0 Å². The molecular weight excluding hydrogens is 156 g/mol. The molecule has 1 atom stereocenters. The van der Waals surface area contributed by atoms with E-state index in [-0.39, 0.29) is 12.6 Å². The molecule has 1 aromatic rings. The van der Waals surface area contributed by atoms with Crippen molar-refractivity contribution in [2.75, 3.05) is 13.7 Å². The van der Waals surface area contributed by atoms with Gasteiger partial charge in [0.25, 0.3) is 0 Å². The average Bonchev–Trinajstić information content (AvgIpc) is 2.17. The number of rotatable bonds is 3. The van der Waals surface area contributed by atoms with Crippen molar-refractivity contribution >= 4 is 0 Å². The van der Waals surface area contributed by atoms with Gasteiger partial charge in [-0.1, -0.05) is 0 Å². The molecule has 0 saturated carbocycles. The summed E-state index contributed by atoms with van der Waals surface area (Å²) in [7, 11) is 1.54. The van der Waals surface area contributed by atoms with Gasteiger partial charge in [-0.15, -0.1) is 0 Å². The minimum Gasteiger partial charge on any atom is -0.481 e. The number of aliphatic hydroxyl groups is 1. The minimum atomic E-state index is -0.359. The molecule has 0 aliphatic rings. The Morgan fingerprint density at radius 2 is 2.50 bits per heavy atom. The first-order valence-electron chi connectivity index (χ1n) is 3.64. The van der Waals surface area contributed by atoms with Crippen molar-refractivity contribution < 1.29 is 9.84 Å². The van der Waals surface area contributed by atoms with Crippen molar-refractivity contribution in [3.63, 3.8) is 0 Å². The summed E-state index contributed by atoms with van der Waals surface area (Å²) in [6.45, 7) is -0.0762. The number of aliphatic hydroxyl groups excluding tert-OH is 1. The monoisotopic (exact) mass is 168 g/mol. The fraction of sp³-hybridized carbons (Fsp3) is 0.375. The summed E-state index contributed by atoms with van der Waals surface area (Å²) in [5.74, 6) is 0.511. The smallest absolute Gasteiger partial charge is 0.213 e. The van der Waals surface area contributed by atoms with E-state index in [4.69, 9.17) is 15.6 Å². The number of hydrogen-bond acceptors (Lipinski definition) is 4. The van der Waals surface area contributed by atoms with Gasteiger partial charge in [0.15, 0.2) is 0 Å². The van der Waals surface area contributed by atoms with Crippen molar-refractivity contribution in [2.24, 2.45) is 5.73 Å². The standard InChI is InChI=1S/C8H12N2O2/c1-12-8-4-6(2-3-10-8)7(9)5-11/h2-4,7,11H,5,9H2,1H3. The van der Waals surface area contributed by atoms with Crippen LogP contribution in [-0.2, 0) is 0 Å². The Morgan fingerprint density at radius 1 is 1.75 bits per heavy atom. The van der Waals surface area contributed by atoms with Gasteiger partial charge in [-0.25, -0.2) is 4.98 Å². The predicted octanol–water partition coefficient (Wildman–Crippen LogP) is 0.0823. The third kappa shape index (κ3) is 1.93. The number of nitrogens with two attached hydrogens (primary N) is 1. The largest absolute Gasteiger partial charge is 0.481 e. The lowest BCUT2D eigenvalue weighted by molar-refractivity contribution is 0.267. The Balaban J connectivity index is 2.86. The summed E-state index contributed by atoms with van der Waals surface area (Å²) < 4.78 is 4.90. The van der Waals surface area contributed by atoms with Crippen molar-refractivity contribution in [1.29, 1.82) is 0 Å². The second-order valence-electron chi connectivity index (χ2n) is 2.42. The number of nitrogens with zero attached hydrogens (tertiary/aromatic N) is 1. The van der Waals surface area contributed by atoms with Gasteiger partial charge in [-0.2, -0.15) is 0 Å². The molecule has 4 heteroatoms. The van der Waals surface area contributed by atoms with E-state index in [1.54, 1.807) is 18.3 Å². The maximum Gasteiger partial charge on any atom is 0.213 e. The van der Waals surface area contributed by atoms with Gasteiger partial charge in [0, 0.05) is 12.3 Å². The van der Waals surface area contributed by atoms with E-state index < -0.39 is 0 Å². The van der Waals surface area contributed by atoms with Gasteiger partial charge in [0.1, 0.15) is 0 Å². The Kier molecular flexibility index (Phi) is 3.01. The lowest BCUT2D eigenvalue weighted by Crippen LogP contribution is -2.14. The van der Waals surface area contributed by atoms with Crippen LogP contribution in [0.1, 0.15) is 11.6 Å². The summed E-state index contributed by atoms with van der Waals surface area (Å²) in [6, 6.07) is 3.10. The van der Waals surface area contributed by atoms with Gasteiger partial charge in [-0.05, 0) is 11.6 Å². The van der Waals surface area contributed by atoms with Crippen LogP contribution < -0.4 is 10.5 Å². The number of hydrogen-bond donors (Lipinski definition) is 2. The molecule has 0 amide bonds. The van der Waals surface area contributed by atoms with Crippen LogP contribution in [0.3, 0.4) is 0 Å². The van der Waals surface area contributed by atoms with Crippen molar-refractivity contribution in [2.45, 2.75) is 6.04 Å². The lowest BCUT2D eigenvalue weighted by atomic mass is 10.1. The highest BCUT2D eigenvalue weighted by Crippen LogP contribution is 2.13. The molecular formula is C8H12N2O2. The molecule has 0 spiro atoms. The fourth-order valence-corrected chi connectivity index (χ4v) is 0.872. The van der Waals surface area contributed by atoms with Crippen LogP contribution in [-0.4, -0.2) is 23.8 Å². The minimum absolute atomic E-state index is 0.0762. The molecule has 12 heavy (non-hydrogen) atoms. The fourth-order valence-electron chi connectivity index (χ4n) is 0.872. The normalized spacial score (nSPS) is 12.6. The van der Waals surface area contributed by atoms with Crippen LogP contribution in [0, 0.1) is 0 Å². The van der Waals surface area contributed by atoms with Crippen LogP contribution in [0.2, 0.25) is 0 Å². The van der Waals surface area contributed by atoms with Gasteiger partial charge < -0.3 is 15.6 Å². The summed E-state index contributed by atoms with van der Waals surface area (Å²) in [5.41, 5.74) is 6.41. The van der Waals surface area contributed by atoms with Gasteiger partial charge in [-0.3, -0.25) is 0 Å². The first-order valence-corrected chi connectivity index (χ1v) is 3.64. The van der Waals surface area contributed by atoms with Crippen molar-refractivity contribution in [3.8, 4) is 5.88 Å². The molecule has 1 unspecified atom stereocenters. The number of pyridine rings is 1. The van der Waals surface area contributed by atoms with Crippen LogP contribution in [0.25, 0.3) is 0 Å². The van der Waals surface area contributed by atoms with E-state index in [2.05, 4.69) is 4.98 Å². The molecule has 0 aliphatic heterocycles. The molecule has 0 bridgehead atoms. The molecule has 1 aromatic heterocycles. The maximum atomic E-state index is 8.77. The topological polar surface area (TPSA) is 68.4 Å². The molecule has 0 saturated heterocycles. The van der Waals surface area contributed by atoms with Crippen molar-refractivity contribution in [3.05, 3.63) is 23.9 Å². The highest BCUT2D eigenvalue weighted by molar-refractivity contribution is 5.23. The van der Waals surface area contributed by atoms with E-state index in [1.165, 1.54) is 7.11 Å². The summed E-state index contributed by atoms with van der Waals surface area (Å²) in [4.78, 5) is 3.92. The lowest BCUT2D eigenvalue weighted by Gasteiger charge is -2.08. The molecule has 1 heterocycles. The first kappa shape index (κ1) is 8.96. The third-order valence-corrected chi connectivity index (χ3v) is 1.59. The zero-order valence-electron chi connectivity index (χ0n) is 6.90. The number of ether oxygens (including phenoxy) is 1. The molecule has 0 radical (unpaired) electrons. The van der Waals surface area contributed by atoms with Gasteiger partial charge in [0.05, 0.1) is 19.8 Å². The number of methoxy groups -OCH3 is 1. The van der Waals surface area contributed by atoms with Crippen LogP contribution >= 0.6 is 0 Å². The van der Waals surface area contributed by atoms with E-state index >= 15 is 0 Å². The third-order valence-electron chi connectivity index (χ3n) is 1.59. The molecule has 4 nitrogen and oxygen atoms in total. The molecule has 3 N–H and O–H groups in total. The Bertz CT molecular complexity index is 253. The van der Waals surface area contributed by atoms with E-state index in [1.807, 2.05) is 0 Å². The predicted molar refractivity (Wildman–Crippen MR) is 44.8 cm³/mol. The highest BCUT2D eigenvalue weighted by atomic mass is 16.5. The summed E-state index contributed by atoms with van der Waals surface area (Å²) >= 11 is 0. The zero-order valence-corrected chi connectivity index (χ0v) is 6.90. The second kappa shape index (κ2) is 4.04. The quantitative estimate of drug-likeness (QED) is 0.670. The summed E-state index contributed by atoms with van der Waals surface area (Å²) in [6.07, 6.45) is 1.60. The first-order chi connectivity index (χ1) is 5.77. The molecule has 0 fully saturated rings. The molecule has 66 valence electrons. The molecule has 0 aromatic carbocycles. The summed E-state index contributed by atoms with van der Waals surface area (Å²) in [5, 5.41) is 8.77. The van der Waals surface area contributed by atoms with Crippen molar-refractivity contribution in [1.82, 2.24) is 4.98 Å². The average molecular weight is 168 g/mol. The van der Waals surface area contributed by atoms with Gasteiger partial charge >= 0.3 is 0 Å². The van der Waals surface area contributed by atoms with Crippen LogP contribution in [0.4, 0.5) is 0 Å².